The van der Waals surface area contributed by atoms with Crippen LogP contribution in [-0.4, -0.2) is 177 Å². The first-order valence-electron chi connectivity index (χ1n) is 39.2. The quantitative estimate of drug-likeness (QED) is 0.0332. The van der Waals surface area contributed by atoms with Crippen molar-refractivity contribution in [3.63, 3.8) is 0 Å². The molecule has 6 aliphatic rings. The van der Waals surface area contributed by atoms with E-state index in [-0.39, 0.29) is 117 Å². The van der Waals surface area contributed by atoms with E-state index in [4.69, 9.17) is 0 Å². The van der Waals surface area contributed by atoms with E-state index in [1.807, 2.05) is 171 Å². The van der Waals surface area contributed by atoms with Gasteiger partial charge < -0.3 is 61.1 Å². The van der Waals surface area contributed by atoms with Gasteiger partial charge in [-0.2, -0.15) is 0 Å². The molecule has 23 nitrogen and oxygen atoms in total. The first-order valence-corrected chi connectivity index (χ1v) is 41.7. The van der Waals surface area contributed by atoms with Crippen LogP contribution in [0.3, 0.4) is 0 Å². The van der Waals surface area contributed by atoms with Crippen molar-refractivity contribution < 1.29 is 62.9 Å². The fourth-order valence-corrected chi connectivity index (χ4v) is 18.1. The van der Waals surface area contributed by atoms with E-state index >= 15 is 0 Å². The van der Waals surface area contributed by atoms with Gasteiger partial charge in [0.05, 0.1) is 56.5 Å². The van der Waals surface area contributed by atoms with Crippen LogP contribution in [0.2, 0.25) is 0 Å². The summed E-state index contributed by atoms with van der Waals surface area (Å²) in [6, 6.07) is 29.8. The van der Waals surface area contributed by atoms with Gasteiger partial charge in [0.25, 0.3) is 11.8 Å². The number of hydrogen-bond acceptors (Lipinski definition) is 16. The molecule has 0 spiro atoms. The van der Waals surface area contributed by atoms with Crippen LogP contribution in [0, 0.1) is 42.8 Å². The van der Waals surface area contributed by atoms with E-state index in [1.54, 1.807) is 33.6 Å². The monoisotopic (exact) mass is 1650 g/mol. The molecule has 3 saturated heterocycles. The second-order valence-corrected chi connectivity index (χ2v) is 35.1. The number of carbonyl (C=O) groups is 9. The second-order valence-electron chi connectivity index (χ2n) is 32.4. The molecular weight excluding hydrogens is 1540 g/mol. The summed E-state index contributed by atoms with van der Waals surface area (Å²) >= 11 is 6.58. The van der Waals surface area contributed by atoms with Gasteiger partial charge >= 0.3 is 0 Å². The number of β-amino-alcohol motifs (C(OH)–C–C–N with tert-alkyl or cyclic N) is 3. The second kappa shape index (κ2) is 37.4. The Morgan fingerprint density at radius 2 is 1.02 bits per heavy atom. The Balaban J connectivity index is 0.000000168. The fourth-order valence-electron chi connectivity index (χ4n) is 16.2. The zero-order valence-electron chi connectivity index (χ0n) is 65.9. The zero-order chi connectivity index (χ0) is 81.3. The molecule has 1 saturated carbocycles. The number of amides is 9. The molecule has 7 heterocycles. The van der Waals surface area contributed by atoms with E-state index < -0.39 is 71.7 Å². The lowest BCUT2D eigenvalue weighted by molar-refractivity contribution is -0.144. The molecule has 13 rings (SSSR count). The normalized spacial score (nSPS) is 20.6. The van der Waals surface area contributed by atoms with Crippen LogP contribution >= 0.6 is 38.6 Å². The highest BCUT2D eigenvalue weighted by Crippen LogP contribution is 2.36. The molecule has 0 bridgehead atoms. The average molecular weight is 1650 g/mol. The third-order valence-corrected chi connectivity index (χ3v) is 24.8. The lowest BCUT2D eigenvalue weighted by Crippen LogP contribution is -2.57. The molecule has 0 radical (unpaired) electrons. The van der Waals surface area contributed by atoms with Gasteiger partial charge in [0.15, 0.2) is 0 Å². The zero-order valence-corrected chi connectivity index (χ0v) is 69.1. The first-order chi connectivity index (χ1) is 53.8. The standard InChI is InChI=1S/C31H44N4O4S.C29H31FN4O4S.C26H30BrN3O4/c1-20-27(40-19-33-20)23-13-10-22(11-14-23)17-32-29(38)25-16-24(36)18-35(25)30(39)28(31(2,3)4)34-26(37)15-12-21-8-6-5-7-9-21;1-16(2)25(34-13-20-10-21(30)8-9-23(20)28(34)37)29(38)33-14-22(35)11-24(33)27(36)31-12-18-4-6-19(7-5-18)26-17(3)32-15-39-26;1-15(2)23(30-13-18-6-4-5-7-21(18)25(30)33)26(34)29-14-20(31)12-22(29)24(32)28-16(3)17-8-10-19(27)11-9-17/h10-11,13-14,19,21,24-25,28,36H,5-9,12,15-18H2,1-4H3,(H,32,38)(H,34,37);4-10,15-16,22,24-25,35H,11-14H2,1-3H3,(H,31,36);4-11,15-16,20,22-23,31H,12-14H2,1-3H3,(H,28,32)/t24-,25+,28-;22-,24+,25+;16-,20+,22-,23-/m110/s1. The highest BCUT2D eigenvalue weighted by Gasteiger charge is 2.49. The number of benzene rings is 5. The molecule has 602 valence electrons. The number of rotatable bonds is 22. The Hall–Kier alpha value is -9.12. The molecule has 27 heteroatoms. The van der Waals surface area contributed by atoms with E-state index in [9.17, 15) is 62.9 Å². The van der Waals surface area contributed by atoms with Crippen LogP contribution in [0.4, 0.5) is 4.39 Å². The number of aromatic nitrogens is 2. The van der Waals surface area contributed by atoms with Gasteiger partial charge in [0.2, 0.25) is 41.4 Å². The number of nitrogens with zero attached hydrogens (tertiary/aromatic N) is 7. The molecular formula is C86H105BrFN11O12S2. The first kappa shape index (κ1) is 84.8. The van der Waals surface area contributed by atoms with Crippen molar-refractivity contribution in [2.75, 3.05) is 19.6 Å². The number of fused-ring (bicyclic) bond motifs is 2. The highest BCUT2D eigenvalue weighted by molar-refractivity contribution is 9.10. The molecule has 9 amide bonds. The van der Waals surface area contributed by atoms with Crippen LogP contribution in [0.25, 0.3) is 20.9 Å². The predicted molar refractivity (Wildman–Crippen MR) is 434 cm³/mol. The summed E-state index contributed by atoms with van der Waals surface area (Å²) < 4.78 is 14.7. The molecule has 5 aliphatic heterocycles. The summed E-state index contributed by atoms with van der Waals surface area (Å²) in [5.41, 5.74) is 12.4. The molecule has 5 aromatic carbocycles. The molecule has 10 atom stereocenters. The summed E-state index contributed by atoms with van der Waals surface area (Å²) in [5, 5.41) is 43.0. The van der Waals surface area contributed by atoms with Gasteiger partial charge in [0.1, 0.15) is 42.1 Å². The van der Waals surface area contributed by atoms with Crippen molar-refractivity contribution in [1.29, 1.82) is 0 Å². The Morgan fingerprint density at radius 1 is 0.566 bits per heavy atom. The maximum Gasteiger partial charge on any atom is 0.255 e. The summed E-state index contributed by atoms with van der Waals surface area (Å²) in [4.78, 5) is 138. The van der Waals surface area contributed by atoms with Crippen LogP contribution < -0.4 is 21.3 Å². The number of aliphatic hydroxyl groups is 3. The Bertz CT molecular complexity index is 4570. The molecule has 113 heavy (non-hydrogen) atoms. The Labute approximate surface area is 677 Å². The predicted octanol–water partition coefficient (Wildman–Crippen LogP) is 11.4. The van der Waals surface area contributed by atoms with E-state index in [0.29, 0.717) is 42.1 Å². The molecule has 4 fully saturated rings. The van der Waals surface area contributed by atoms with Gasteiger partial charge in [-0.15, -0.1) is 22.7 Å². The fraction of sp³-hybridized carbons (Fsp3) is 0.477. The van der Waals surface area contributed by atoms with E-state index in [1.165, 1.54) is 69.9 Å². The number of carbonyl (C=O) groups excluding carboxylic acids is 9. The number of halogens is 2. The Morgan fingerprint density at radius 3 is 1.47 bits per heavy atom. The topological polar surface area (TPSA) is 304 Å². The largest absolute Gasteiger partial charge is 0.391 e. The number of likely N-dealkylation sites (tertiary alicyclic amines) is 3. The molecule has 2 aromatic heterocycles. The van der Waals surface area contributed by atoms with Crippen molar-refractivity contribution in [1.82, 2.24) is 55.7 Å². The van der Waals surface area contributed by atoms with Crippen LogP contribution in [0.5, 0.6) is 0 Å². The van der Waals surface area contributed by atoms with Crippen molar-refractivity contribution in [3.8, 4) is 20.9 Å². The van der Waals surface area contributed by atoms with Crippen molar-refractivity contribution in [3.05, 3.63) is 187 Å². The number of aryl methyl sites for hydroxylation is 2. The van der Waals surface area contributed by atoms with Crippen molar-refractivity contribution in [2.45, 2.75) is 220 Å². The summed E-state index contributed by atoms with van der Waals surface area (Å²) in [5.74, 6) is -2.90. The number of nitrogens with one attached hydrogen (secondary N) is 4. The highest BCUT2D eigenvalue weighted by atomic mass is 79.9. The molecule has 7 N–H and O–H groups in total. The summed E-state index contributed by atoms with van der Waals surface area (Å²) in [6.45, 7) is 20.2. The number of thiazole rings is 2. The average Bonchev–Trinajstić information content (AvgIpc) is 1.63. The lowest BCUT2D eigenvalue weighted by Gasteiger charge is -2.35. The van der Waals surface area contributed by atoms with Gasteiger partial charge in [-0.1, -0.05) is 175 Å². The van der Waals surface area contributed by atoms with Crippen LogP contribution in [-0.2, 0) is 59.7 Å². The SMILES string of the molecule is CC(C)[C@@H](C(=O)N1C[C@H](O)C[C@H]1C(=O)N[C@@H](C)c1ccc(Br)cc1)N1Cc2ccccc2C1=O.Cc1ncsc1-c1ccc(CNC(=O)[C@@H]2C[C@@H](O)CN2C(=O)[C@@H](NC(=O)CCC2CCCCC2)C(C)(C)C)cc1.Cc1ncsc1-c1ccc(CNC(=O)[C@@H]2C[C@@H](O)CN2C(=O)[C@H](C(C)C)N2Cc3cc(F)ccc3C2=O)cc1. The van der Waals surface area contributed by atoms with E-state index in [2.05, 4.69) is 47.2 Å². The minimum atomic E-state index is -0.856. The van der Waals surface area contributed by atoms with E-state index in [0.717, 1.165) is 65.4 Å². The van der Waals surface area contributed by atoms with Gasteiger partial charge in [0, 0.05) is 87.1 Å². The number of hydrogen-bond donors (Lipinski definition) is 7. The van der Waals surface area contributed by atoms with Gasteiger partial charge in [-0.05, 0) is 126 Å². The Kier molecular flexibility index (Phi) is 28.1. The van der Waals surface area contributed by atoms with Crippen molar-refractivity contribution in [2.24, 2.45) is 23.2 Å². The van der Waals surface area contributed by atoms with Crippen LogP contribution in [0.15, 0.2) is 131 Å². The number of aliphatic hydroxyl groups excluding tert-OH is 3. The minimum Gasteiger partial charge on any atom is -0.391 e. The van der Waals surface area contributed by atoms with Gasteiger partial charge in [-0.3, -0.25) is 43.2 Å². The van der Waals surface area contributed by atoms with Crippen molar-refractivity contribution >= 4 is 91.8 Å². The third-order valence-electron chi connectivity index (χ3n) is 22.3. The third kappa shape index (κ3) is 20.5. The summed E-state index contributed by atoms with van der Waals surface area (Å²) in [7, 11) is 0. The smallest absolute Gasteiger partial charge is 0.255 e. The maximum absolute atomic E-state index is 13.8. The minimum absolute atomic E-state index is 0.00659. The van der Waals surface area contributed by atoms with Crippen LogP contribution in [0.1, 0.15) is 186 Å². The molecule has 0 unspecified atom stereocenters. The summed E-state index contributed by atoms with van der Waals surface area (Å²) in [6.07, 6.45) is 5.36. The van der Waals surface area contributed by atoms with Gasteiger partial charge in [-0.25, -0.2) is 14.4 Å². The lowest BCUT2D eigenvalue weighted by atomic mass is 9.84. The maximum atomic E-state index is 13.8. The molecule has 7 aromatic rings. The molecule has 1 aliphatic carbocycles.